The summed E-state index contributed by atoms with van der Waals surface area (Å²) in [6.45, 7) is 5.15. The fourth-order valence-corrected chi connectivity index (χ4v) is 1.90. The SMILES string of the molecule is CSC(C)(C)CNc1cc2ccccc2c(=O)[nH]1. The molecule has 0 saturated carbocycles. The van der Waals surface area contributed by atoms with Gasteiger partial charge in [-0.25, -0.2) is 0 Å². The first-order chi connectivity index (χ1) is 8.52. The van der Waals surface area contributed by atoms with E-state index in [0.29, 0.717) is 0 Å². The minimum absolute atomic E-state index is 0.0439. The van der Waals surface area contributed by atoms with Crippen molar-refractivity contribution in [1.82, 2.24) is 4.98 Å². The van der Waals surface area contributed by atoms with Crippen molar-refractivity contribution in [2.75, 3.05) is 18.1 Å². The van der Waals surface area contributed by atoms with E-state index in [9.17, 15) is 4.79 Å². The maximum Gasteiger partial charge on any atom is 0.257 e. The van der Waals surface area contributed by atoms with Crippen LogP contribution in [0.25, 0.3) is 10.8 Å². The van der Waals surface area contributed by atoms with Crippen LogP contribution in [0.2, 0.25) is 0 Å². The van der Waals surface area contributed by atoms with Crippen LogP contribution in [0.15, 0.2) is 35.1 Å². The zero-order valence-electron chi connectivity index (χ0n) is 10.9. The zero-order valence-corrected chi connectivity index (χ0v) is 11.7. The molecule has 0 aliphatic heterocycles. The van der Waals surface area contributed by atoms with E-state index >= 15 is 0 Å². The molecule has 2 rings (SSSR count). The summed E-state index contributed by atoms with van der Waals surface area (Å²) in [6.07, 6.45) is 2.09. The van der Waals surface area contributed by atoms with Gasteiger partial charge in [-0.05, 0) is 37.6 Å². The molecular formula is C14H18N2OS. The molecular weight excluding hydrogens is 244 g/mol. The lowest BCUT2D eigenvalue weighted by Gasteiger charge is -2.22. The minimum Gasteiger partial charge on any atom is -0.370 e. The third kappa shape index (κ3) is 2.88. The summed E-state index contributed by atoms with van der Waals surface area (Å²) in [7, 11) is 0. The largest absolute Gasteiger partial charge is 0.370 e. The molecule has 18 heavy (non-hydrogen) atoms. The van der Waals surface area contributed by atoms with Gasteiger partial charge in [0, 0.05) is 16.7 Å². The smallest absolute Gasteiger partial charge is 0.257 e. The van der Waals surface area contributed by atoms with Gasteiger partial charge >= 0.3 is 0 Å². The van der Waals surface area contributed by atoms with Gasteiger partial charge in [0.15, 0.2) is 0 Å². The van der Waals surface area contributed by atoms with Crippen LogP contribution in [0.1, 0.15) is 13.8 Å². The number of H-pyrrole nitrogens is 1. The molecule has 1 heterocycles. The lowest BCUT2D eigenvalue weighted by atomic mass is 10.1. The summed E-state index contributed by atoms with van der Waals surface area (Å²) in [5, 5.41) is 4.98. The maximum atomic E-state index is 11.9. The second kappa shape index (κ2) is 5.06. The Hall–Kier alpha value is -1.42. The van der Waals surface area contributed by atoms with Crippen molar-refractivity contribution in [3.63, 3.8) is 0 Å². The summed E-state index contributed by atoms with van der Waals surface area (Å²) in [5.74, 6) is 0.779. The Labute approximate surface area is 111 Å². The third-order valence-electron chi connectivity index (χ3n) is 3.01. The van der Waals surface area contributed by atoms with Gasteiger partial charge in [0.05, 0.1) is 0 Å². The van der Waals surface area contributed by atoms with Gasteiger partial charge in [-0.2, -0.15) is 11.8 Å². The van der Waals surface area contributed by atoms with Crippen LogP contribution in [0.4, 0.5) is 5.82 Å². The average molecular weight is 262 g/mol. The van der Waals surface area contributed by atoms with Crippen molar-refractivity contribution in [1.29, 1.82) is 0 Å². The number of aromatic amines is 1. The molecule has 0 fully saturated rings. The van der Waals surface area contributed by atoms with Crippen LogP contribution in [0, 0.1) is 0 Å². The molecule has 4 heteroatoms. The van der Waals surface area contributed by atoms with E-state index in [4.69, 9.17) is 0 Å². The molecule has 2 N–H and O–H groups in total. The molecule has 0 saturated heterocycles. The van der Waals surface area contributed by atoms with E-state index in [2.05, 4.69) is 30.4 Å². The number of hydrogen-bond acceptors (Lipinski definition) is 3. The van der Waals surface area contributed by atoms with Crippen LogP contribution in [-0.4, -0.2) is 22.5 Å². The molecule has 0 bridgehead atoms. The molecule has 3 nitrogen and oxygen atoms in total. The number of benzene rings is 1. The van der Waals surface area contributed by atoms with E-state index in [1.54, 1.807) is 11.8 Å². The number of anilines is 1. The molecule has 0 amide bonds. The number of fused-ring (bicyclic) bond motifs is 1. The first kappa shape index (κ1) is 13.0. The van der Waals surface area contributed by atoms with Gasteiger partial charge in [-0.15, -0.1) is 0 Å². The number of pyridine rings is 1. The van der Waals surface area contributed by atoms with Crippen molar-refractivity contribution in [3.05, 3.63) is 40.7 Å². The molecule has 96 valence electrons. The normalized spacial score (nSPS) is 11.7. The summed E-state index contributed by atoms with van der Waals surface area (Å²) in [4.78, 5) is 14.8. The highest BCUT2D eigenvalue weighted by Crippen LogP contribution is 2.21. The van der Waals surface area contributed by atoms with Crippen LogP contribution in [-0.2, 0) is 0 Å². The second-order valence-electron chi connectivity index (χ2n) is 4.92. The summed E-state index contributed by atoms with van der Waals surface area (Å²) >= 11 is 1.80. The van der Waals surface area contributed by atoms with Gasteiger partial charge < -0.3 is 10.3 Å². The van der Waals surface area contributed by atoms with Crippen LogP contribution in [0.5, 0.6) is 0 Å². The van der Waals surface area contributed by atoms with E-state index in [1.165, 1.54) is 0 Å². The maximum absolute atomic E-state index is 11.9. The average Bonchev–Trinajstić information content (AvgIpc) is 2.37. The van der Waals surface area contributed by atoms with Crippen molar-refractivity contribution < 1.29 is 0 Å². The lowest BCUT2D eigenvalue weighted by Crippen LogP contribution is -2.27. The van der Waals surface area contributed by atoms with Gasteiger partial charge in [-0.3, -0.25) is 4.79 Å². The van der Waals surface area contributed by atoms with E-state index < -0.39 is 0 Å². The fourth-order valence-electron chi connectivity index (χ4n) is 1.69. The van der Waals surface area contributed by atoms with Crippen LogP contribution < -0.4 is 10.9 Å². The van der Waals surface area contributed by atoms with Crippen molar-refractivity contribution in [2.24, 2.45) is 0 Å². The first-order valence-corrected chi connectivity index (χ1v) is 7.15. The monoisotopic (exact) mass is 262 g/mol. The number of nitrogens with one attached hydrogen (secondary N) is 2. The van der Waals surface area contributed by atoms with Gasteiger partial charge in [0.25, 0.3) is 5.56 Å². The quantitative estimate of drug-likeness (QED) is 0.890. The Morgan fingerprint density at radius 1 is 1.33 bits per heavy atom. The highest BCUT2D eigenvalue weighted by molar-refractivity contribution is 7.99. The van der Waals surface area contributed by atoms with Crippen molar-refractivity contribution in [3.8, 4) is 0 Å². The fraction of sp³-hybridized carbons (Fsp3) is 0.357. The molecule has 2 aromatic rings. The third-order valence-corrected chi connectivity index (χ3v) is 4.26. The molecule has 0 radical (unpaired) electrons. The summed E-state index contributed by atoms with van der Waals surface area (Å²) < 4.78 is 0.141. The Morgan fingerprint density at radius 3 is 2.78 bits per heavy atom. The van der Waals surface area contributed by atoms with Crippen LogP contribution >= 0.6 is 11.8 Å². The molecule has 0 unspecified atom stereocenters. The highest BCUT2D eigenvalue weighted by Gasteiger charge is 2.15. The number of aromatic nitrogens is 1. The van der Waals surface area contributed by atoms with E-state index in [1.807, 2.05) is 30.3 Å². The zero-order chi connectivity index (χ0) is 13.2. The van der Waals surface area contributed by atoms with Crippen LogP contribution in [0.3, 0.4) is 0 Å². The van der Waals surface area contributed by atoms with Gasteiger partial charge in [0.2, 0.25) is 0 Å². The molecule has 0 aliphatic carbocycles. The Balaban J connectivity index is 2.28. The Kier molecular flexibility index (Phi) is 3.66. The topological polar surface area (TPSA) is 44.9 Å². The molecule has 1 aromatic heterocycles. The predicted molar refractivity (Wildman–Crippen MR) is 80.7 cm³/mol. The van der Waals surface area contributed by atoms with Crippen molar-refractivity contribution in [2.45, 2.75) is 18.6 Å². The Morgan fingerprint density at radius 2 is 2.06 bits per heavy atom. The standard InChI is InChI=1S/C14H18N2OS/c1-14(2,18-3)9-15-12-8-10-6-4-5-7-11(10)13(17)16-12/h4-8H,9H2,1-3H3,(H2,15,16,17). The molecule has 0 spiro atoms. The van der Waals surface area contributed by atoms with E-state index in [0.717, 1.165) is 23.1 Å². The number of hydrogen-bond donors (Lipinski definition) is 2. The first-order valence-electron chi connectivity index (χ1n) is 5.93. The highest BCUT2D eigenvalue weighted by atomic mass is 32.2. The van der Waals surface area contributed by atoms with Gasteiger partial charge in [0.1, 0.15) is 5.82 Å². The molecule has 1 aromatic carbocycles. The number of thioether (sulfide) groups is 1. The molecule has 0 atom stereocenters. The lowest BCUT2D eigenvalue weighted by molar-refractivity contribution is 0.750. The van der Waals surface area contributed by atoms with Crippen molar-refractivity contribution >= 4 is 28.4 Å². The second-order valence-corrected chi connectivity index (χ2v) is 6.43. The van der Waals surface area contributed by atoms with Gasteiger partial charge in [-0.1, -0.05) is 18.2 Å². The minimum atomic E-state index is -0.0439. The Bertz CT molecular complexity index is 604. The number of rotatable bonds is 4. The van der Waals surface area contributed by atoms with E-state index in [-0.39, 0.29) is 10.3 Å². The summed E-state index contributed by atoms with van der Waals surface area (Å²) in [6, 6.07) is 9.59. The molecule has 0 aliphatic rings. The summed E-state index contributed by atoms with van der Waals surface area (Å²) in [5.41, 5.74) is -0.0439. The predicted octanol–water partition coefficient (Wildman–Crippen LogP) is 3.08.